The number of nitrogens with one attached hydrogen (secondary N) is 2. The molecule has 0 fully saturated rings. The van der Waals surface area contributed by atoms with Crippen molar-refractivity contribution < 1.29 is 14.3 Å². The molecule has 0 spiro atoms. The molecule has 0 aliphatic heterocycles. The van der Waals surface area contributed by atoms with Gasteiger partial charge in [-0.2, -0.15) is 0 Å². The number of amides is 1. The highest BCUT2D eigenvalue weighted by Crippen LogP contribution is 2.28. The van der Waals surface area contributed by atoms with Crippen LogP contribution in [0.1, 0.15) is 14.5 Å². The van der Waals surface area contributed by atoms with E-state index in [0.29, 0.717) is 23.8 Å². The summed E-state index contributed by atoms with van der Waals surface area (Å²) in [5, 5.41) is 6.01. The molecule has 0 aliphatic rings. The van der Waals surface area contributed by atoms with Crippen molar-refractivity contribution in [2.45, 2.75) is 6.92 Å². The lowest BCUT2D eigenvalue weighted by molar-refractivity contribution is 0.0955. The fourth-order valence-electron chi connectivity index (χ4n) is 1.44. The zero-order chi connectivity index (χ0) is 13.4. The molecular formula is C12H21ClN2O3S. The maximum Gasteiger partial charge on any atom is 0.265 e. The lowest BCUT2D eigenvalue weighted by Crippen LogP contribution is -2.32. The van der Waals surface area contributed by atoms with Gasteiger partial charge in [0.25, 0.3) is 5.91 Å². The van der Waals surface area contributed by atoms with Crippen molar-refractivity contribution in [2.24, 2.45) is 0 Å². The molecule has 0 aromatic carbocycles. The Labute approximate surface area is 124 Å². The standard InChI is InChI=1S/C12H20N2O3S.ClH/c1-9-8-10(17-3)11(18-9)12(15)14-5-4-13-6-7-16-2;/h8,13H,4-7H2,1-3H3,(H,14,15);1H. The van der Waals surface area contributed by atoms with E-state index in [1.165, 1.54) is 11.3 Å². The summed E-state index contributed by atoms with van der Waals surface area (Å²) in [5.41, 5.74) is 0. The van der Waals surface area contributed by atoms with Crippen LogP contribution in [0, 0.1) is 6.92 Å². The predicted octanol–water partition coefficient (Wildman–Crippen LogP) is 1.45. The normalized spacial score (nSPS) is 9.84. The van der Waals surface area contributed by atoms with Gasteiger partial charge in [-0.25, -0.2) is 0 Å². The molecule has 1 heterocycles. The maximum atomic E-state index is 11.9. The summed E-state index contributed by atoms with van der Waals surface area (Å²) in [6.45, 7) is 4.72. The highest BCUT2D eigenvalue weighted by molar-refractivity contribution is 7.14. The largest absolute Gasteiger partial charge is 0.495 e. The Morgan fingerprint density at radius 2 is 2.05 bits per heavy atom. The minimum atomic E-state index is -0.0847. The molecule has 7 heteroatoms. The highest BCUT2D eigenvalue weighted by Gasteiger charge is 2.14. The van der Waals surface area contributed by atoms with Gasteiger partial charge in [0.05, 0.1) is 13.7 Å². The van der Waals surface area contributed by atoms with Crippen molar-refractivity contribution in [3.8, 4) is 5.75 Å². The Balaban J connectivity index is 0.00000324. The first-order chi connectivity index (χ1) is 8.69. The van der Waals surface area contributed by atoms with Crippen LogP contribution in [-0.4, -0.2) is 46.4 Å². The zero-order valence-corrected chi connectivity index (χ0v) is 13.1. The summed E-state index contributed by atoms with van der Waals surface area (Å²) in [6.07, 6.45) is 0. The number of rotatable bonds is 8. The monoisotopic (exact) mass is 308 g/mol. The Morgan fingerprint density at radius 3 is 2.68 bits per heavy atom. The maximum absolute atomic E-state index is 11.9. The predicted molar refractivity (Wildman–Crippen MR) is 79.9 cm³/mol. The van der Waals surface area contributed by atoms with Crippen molar-refractivity contribution in [3.05, 3.63) is 15.8 Å². The summed E-state index contributed by atoms with van der Waals surface area (Å²) in [7, 11) is 3.24. The molecule has 5 nitrogen and oxygen atoms in total. The van der Waals surface area contributed by atoms with Gasteiger partial charge in [0.1, 0.15) is 10.6 Å². The quantitative estimate of drug-likeness (QED) is 0.714. The minimum absolute atomic E-state index is 0. The topological polar surface area (TPSA) is 59.6 Å². The van der Waals surface area contributed by atoms with E-state index in [9.17, 15) is 4.79 Å². The average Bonchev–Trinajstić information content (AvgIpc) is 2.74. The van der Waals surface area contributed by atoms with E-state index in [1.807, 2.05) is 13.0 Å². The van der Waals surface area contributed by atoms with Gasteiger partial charge in [-0.05, 0) is 13.0 Å². The van der Waals surface area contributed by atoms with Crippen molar-refractivity contribution in [2.75, 3.05) is 40.5 Å². The molecule has 0 aliphatic carbocycles. The molecule has 1 aromatic rings. The second-order valence-corrected chi connectivity index (χ2v) is 5.01. The van der Waals surface area contributed by atoms with Crippen LogP contribution in [0.5, 0.6) is 5.75 Å². The fraction of sp³-hybridized carbons (Fsp3) is 0.583. The van der Waals surface area contributed by atoms with Crippen LogP contribution in [0.2, 0.25) is 0 Å². The number of halogens is 1. The van der Waals surface area contributed by atoms with Gasteiger partial charge in [0.2, 0.25) is 0 Å². The van der Waals surface area contributed by atoms with Gasteiger partial charge in [-0.15, -0.1) is 23.7 Å². The minimum Gasteiger partial charge on any atom is -0.495 e. The van der Waals surface area contributed by atoms with Crippen molar-refractivity contribution in [1.82, 2.24) is 10.6 Å². The summed E-state index contributed by atoms with van der Waals surface area (Å²) in [5.74, 6) is 0.556. The van der Waals surface area contributed by atoms with Crippen LogP contribution in [0.25, 0.3) is 0 Å². The summed E-state index contributed by atoms with van der Waals surface area (Å²) in [6, 6.07) is 1.87. The lowest BCUT2D eigenvalue weighted by atomic mass is 10.3. The van der Waals surface area contributed by atoms with Crippen LogP contribution in [0.4, 0.5) is 0 Å². The Hall–Kier alpha value is -0.820. The number of carbonyl (C=O) groups excluding carboxylic acids is 1. The molecule has 0 bridgehead atoms. The van der Waals surface area contributed by atoms with Crippen LogP contribution < -0.4 is 15.4 Å². The first kappa shape index (κ1) is 18.2. The van der Waals surface area contributed by atoms with Crippen molar-refractivity contribution in [3.63, 3.8) is 0 Å². The van der Waals surface area contributed by atoms with Crippen molar-refractivity contribution >= 4 is 29.7 Å². The van der Waals surface area contributed by atoms with Crippen LogP contribution in [0.15, 0.2) is 6.07 Å². The molecule has 1 rings (SSSR count). The molecular weight excluding hydrogens is 288 g/mol. The van der Waals surface area contributed by atoms with E-state index in [1.54, 1.807) is 14.2 Å². The molecule has 1 aromatic heterocycles. The number of ether oxygens (including phenoxy) is 2. The molecule has 0 radical (unpaired) electrons. The number of thiophene rings is 1. The smallest absolute Gasteiger partial charge is 0.265 e. The van der Waals surface area contributed by atoms with E-state index in [2.05, 4.69) is 10.6 Å². The number of hydrogen-bond acceptors (Lipinski definition) is 5. The Bertz CT molecular complexity index is 385. The van der Waals surface area contributed by atoms with E-state index in [4.69, 9.17) is 9.47 Å². The van der Waals surface area contributed by atoms with Gasteiger partial charge < -0.3 is 20.1 Å². The summed E-state index contributed by atoms with van der Waals surface area (Å²) in [4.78, 5) is 13.6. The molecule has 1 amide bonds. The van der Waals surface area contributed by atoms with Crippen molar-refractivity contribution in [1.29, 1.82) is 0 Å². The van der Waals surface area contributed by atoms with E-state index in [0.717, 1.165) is 18.0 Å². The number of carbonyl (C=O) groups is 1. The summed E-state index contributed by atoms with van der Waals surface area (Å²) >= 11 is 1.44. The number of methoxy groups -OCH3 is 2. The van der Waals surface area contributed by atoms with Gasteiger partial charge in [-0.3, -0.25) is 4.79 Å². The third-order valence-electron chi connectivity index (χ3n) is 2.32. The third-order valence-corrected chi connectivity index (χ3v) is 3.35. The number of hydrogen-bond donors (Lipinski definition) is 2. The first-order valence-electron chi connectivity index (χ1n) is 5.81. The summed E-state index contributed by atoms with van der Waals surface area (Å²) < 4.78 is 10.1. The molecule has 0 unspecified atom stereocenters. The van der Waals surface area contributed by atoms with E-state index in [-0.39, 0.29) is 18.3 Å². The second kappa shape index (κ2) is 10.0. The molecule has 19 heavy (non-hydrogen) atoms. The Kier molecular flexibility index (Phi) is 9.59. The highest BCUT2D eigenvalue weighted by atomic mass is 35.5. The van der Waals surface area contributed by atoms with Gasteiger partial charge in [-0.1, -0.05) is 0 Å². The van der Waals surface area contributed by atoms with Gasteiger partial charge >= 0.3 is 0 Å². The van der Waals surface area contributed by atoms with Crippen LogP contribution >= 0.6 is 23.7 Å². The van der Waals surface area contributed by atoms with Gasteiger partial charge in [0.15, 0.2) is 0 Å². The zero-order valence-electron chi connectivity index (χ0n) is 11.4. The van der Waals surface area contributed by atoms with Crippen LogP contribution in [0.3, 0.4) is 0 Å². The molecule has 0 saturated heterocycles. The molecule has 110 valence electrons. The van der Waals surface area contributed by atoms with Gasteiger partial charge in [0, 0.05) is 31.6 Å². The first-order valence-corrected chi connectivity index (χ1v) is 6.63. The van der Waals surface area contributed by atoms with E-state index >= 15 is 0 Å². The molecule has 0 saturated carbocycles. The SMILES string of the molecule is COCCNCCNC(=O)c1sc(C)cc1OC.Cl. The fourth-order valence-corrected chi connectivity index (χ4v) is 2.34. The van der Waals surface area contributed by atoms with Crippen LogP contribution in [-0.2, 0) is 4.74 Å². The lowest BCUT2D eigenvalue weighted by Gasteiger charge is -2.06. The average molecular weight is 309 g/mol. The van der Waals surface area contributed by atoms with E-state index < -0.39 is 0 Å². The third kappa shape index (κ3) is 6.24. The number of aryl methyl sites for hydroxylation is 1. The second-order valence-electron chi connectivity index (χ2n) is 3.75. The Morgan fingerprint density at radius 1 is 1.32 bits per heavy atom. The molecule has 2 N–H and O–H groups in total. The molecule has 0 atom stereocenters.